The highest BCUT2D eigenvalue weighted by atomic mass is 19.3. The molecule has 3 N–H and O–H groups in total. The van der Waals surface area contributed by atoms with E-state index in [1.165, 1.54) is 13.3 Å². The monoisotopic (exact) mass is 335 g/mol. The summed E-state index contributed by atoms with van der Waals surface area (Å²) in [6.07, 6.45) is 1.29. The summed E-state index contributed by atoms with van der Waals surface area (Å²) in [5.74, 6) is 3.76. The van der Waals surface area contributed by atoms with Crippen LogP contribution in [-0.4, -0.2) is 34.8 Å². The highest BCUT2D eigenvalue weighted by Gasteiger charge is 2.12. The number of alkyl halides is 2. The zero-order valence-electron chi connectivity index (χ0n) is 12.3. The van der Waals surface area contributed by atoms with Crippen molar-refractivity contribution in [2.45, 2.75) is 6.61 Å². The van der Waals surface area contributed by atoms with E-state index in [1.807, 2.05) is 0 Å². The van der Waals surface area contributed by atoms with Crippen LogP contribution in [0.15, 0.2) is 24.4 Å². The Balaban J connectivity index is 2.48. The molecular formula is C15H11F2N3O4. The van der Waals surface area contributed by atoms with Gasteiger partial charge in [-0.2, -0.15) is 13.8 Å². The number of halogens is 2. The van der Waals surface area contributed by atoms with Crippen molar-refractivity contribution in [3.8, 4) is 23.5 Å². The molecule has 7 nitrogen and oxygen atoms in total. The van der Waals surface area contributed by atoms with Gasteiger partial charge in [-0.05, 0) is 18.2 Å². The highest BCUT2D eigenvalue weighted by Crippen LogP contribution is 2.22. The van der Waals surface area contributed by atoms with Gasteiger partial charge in [0.25, 0.3) is 0 Å². The molecule has 0 unspecified atom stereocenters. The van der Waals surface area contributed by atoms with Gasteiger partial charge in [-0.15, -0.1) is 0 Å². The molecule has 0 amide bonds. The topological polar surface area (TPSA) is 108 Å². The molecule has 2 rings (SSSR count). The van der Waals surface area contributed by atoms with Crippen molar-refractivity contribution < 1.29 is 28.2 Å². The van der Waals surface area contributed by atoms with Crippen molar-refractivity contribution in [1.29, 1.82) is 0 Å². The Morgan fingerprint density at radius 1 is 1.33 bits per heavy atom. The van der Waals surface area contributed by atoms with E-state index in [9.17, 15) is 13.6 Å². The molecular weight excluding hydrogens is 324 g/mol. The van der Waals surface area contributed by atoms with Crippen LogP contribution >= 0.6 is 0 Å². The van der Waals surface area contributed by atoms with Gasteiger partial charge in [0.2, 0.25) is 11.8 Å². The van der Waals surface area contributed by atoms with E-state index in [2.05, 4.69) is 26.5 Å². The van der Waals surface area contributed by atoms with Gasteiger partial charge in [-0.3, -0.25) is 0 Å². The fourth-order valence-electron chi connectivity index (χ4n) is 1.71. The molecule has 0 aliphatic rings. The van der Waals surface area contributed by atoms with Gasteiger partial charge in [-0.1, -0.05) is 11.8 Å². The number of rotatable bonds is 4. The molecule has 124 valence electrons. The zero-order chi connectivity index (χ0) is 17.7. The van der Waals surface area contributed by atoms with E-state index in [0.717, 1.165) is 18.2 Å². The Kier molecular flexibility index (Phi) is 5.11. The number of ether oxygens (including phenoxy) is 2. The molecule has 2 aromatic rings. The lowest BCUT2D eigenvalue weighted by molar-refractivity contribution is -0.0500. The molecule has 24 heavy (non-hydrogen) atoms. The van der Waals surface area contributed by atoms with Crippen LogP contribution < -0.4 is 15.2 Å². The van der Waals surface area contributed by atoms with E-state index in [-0.39, 0.29) is 34.3 Å². The fourth-order valence-corrected chi connectivity index (χ4v) is 1.71. The quantitative estimate of drug-likeness (QED) is 0.820. The number of hydrogen-bond donors (Lipinski definition) is 2. The Bertz CT molecular complexity index is 831. The van der Waals surface area contributed by atoms with Gasteiger partial charge in [0.15, 0.2) is 0 Å². The summed E-state index contributed by atoms with van der Waals surface area (Å²) in [5, 5.41) is 8.99. The summed E-state index contributed by atoms with van der Waals surface area (Å²) in [5.41, 5.74) is 5.51. The van der Waals surface area contributed by atoms with Crippen LogP contribution in [0.25, 0.3) is 0 Å². The largest absolute Gasteiger partial charge is 0.480 e. The molecule has 0 radical (unpaired) electrons. The summed E-state index contributed by atoms with van der Waals surface area (Å²) in [4.78, 5) is 18.6. The molecule has 0 spiro atoms. The number of carboxylic acid groups (broad SMARTS) is 1. The minimum atomic E-state index is -3.07. The number of benzene rings is 1. The minimum absolute atomic E-state index is 0.0213. The number of nitrogens with zero attached hydrogens (tertiary/aromatic N) is 2. The number of methoxy groups -OCH3 is 1. The normalized spacial score (nSPS) is 10.0. The molecule has 0 saturated heterocycles. The number of aromatic carboxylic acids is 1. The van der Waals surface area contributed by atoms with Crippen LogP contribution in [0.3, 0.4) is 0 Å². The smallest absolute Gasteiger partial charge is 0.387 e. The zero-order valence-corrected chi connectivity index (χ0v) is 12.3. The average molecular weight is 335 g/mol. The molecule has 0 aliphatic carbocycles. The van der Waals surface area contributed by atoms with Gasteiger partial charge >= 0.3 is 12.6 Å². The lowest BCUT2D eigenvalue weighted by atomic mass is 10.1. The van der Waals surface area contributed by atoms with E-state index < -0.39 is 12.6 Å². The van der Waals surface area contributed by atoms with Crippen molar-refractivity contribution in [3.05, 3.63) is 41.1 Å². The first-order valence-electron chi connectivity index (χ1n) is 6.41. The van der Waals surface area contributed by atoms with Gasteiger partial charge < -0.3 is 20.3 Å². The number of carbonyl (C=O) groups is 1. The average Bonchev–Trinajstić information content (AvgIpc) is 2.53. The fraction of sp³-hybridized carbons (Fsp3) is 0.133. The summed E-state index contributed by atoms with van der Waals surface area (Å²) in [6.45, 7) is -3.07. The summed E-state index contributed by atoms with van der Waals surface area (Å²) < 4.78 is 34.2. The second-order valence-corrected chi connectivity index (χ2v) is 4.30. The lowest BCUT2D eigenvalue weighted by Crippen LogP contribution is -2.05. The first-order valence-corrected chi connectivity index (χ1v) is 6.41. The first-order chi connectivity index (χ1) is 11.4. The predicted octanol–water partition coefficient (Wildman–Crippen LogP) is 1.77. The Morgan fingerprint density at radius 2 is 2.04 bits per heavy atom. The van der Waals surface area contributed by atoms with Crippen LogP contribution in [0.5, 0.6) is 11.6 Å². The summed E-state index contributed by atoms with van der Waals surface area (Å²) in [6, 6.07) is 3.37. The van der Waals surface area contributed by atoms with Crippen molar-refractivity contribution >= 4 is 11.9 Å². The Labute approximate surface area is 135 Å². The molecule has 9 heteroatoms. The third kappa shape index (κ3) is 4.07. The number of aromatic nitrogens is 2. The molecule has 0 aliphatic heterocycles. The minimum Gasteiger partial charge on any atom is -0.480 e. The van der Waals surface area contributed by atoms with Crippen LogP contribution in [0, 0.1) is 11.8 Å². The molecule has 0 saturated carbocycles. The van der Waals surface area contributed by atoms with Gasteiger partial charge in [0, 0.05) is 0 Å². The van der Waals surface area contributed by atoms with E-state index in [0.29, 0.717) is 0 Å². The number of anilines is 1. The second-order valence-electron chi connectivity index (χ2n) is 4.30. The van der Waals surface area contributed by atoms with Crippen LogP contribution in [0.4, 0.5) is 14.7 Å². The molecule has 0 fully saturated rings. The molecule has 1 aromatic carbocycles. The van der Waals surface area contributed by atoms with Gasteiger partial charge in [0.1, 0.15) is 11.3 Å². The number of hydrogen-bond acceptors (Lipinski definition) is 6. The van der Waals surface area contributed by atoms with E-state index in [1.54, 1.807) is 0 Å². The second kappa shape index (κ2) is 7.23. The Hall–Kier alpha value is -3.41. The molecule has 0 bridgehead atoms. The lowest BCUT2D eigenvalue weighted by Gasteiger charge is -2.07. The maximum Gasteiger partial charge on any atom is 0.387 e. The van der Waals surface area contributed by atoms with Crippen LogP contribution in [-0.2, 0) is 0 Å². The highest BCUT2D eigenvalue weighted by molar-refractivity contribution is 5.88. The third-order valence-corrected chi connectivity index (χ3v) is 2.74. The van der Waals surface area contributed by atoms with Crippen LogP contribution in [0.2, 0.25) is 0 Å². The number of carboxylic acids is 1. The van der Waals surface area contributed by atoms with Gasteiger partial charge in [-0.25, -0.2) is 9.78 Å². The maximum absolute atomic E-state index is 12.4. The van der Waals surface area contributed by atoms with Crippen molar-refractivity contribution in [3.63, 3.8) is 0 Å². The molecule has 1 heterocycles. The van der Waals surface area contributed by atoms with Crippen LogP contribution in [0.1, 0.15) is 21.5 Å². The third-order valence-electron chi connectivity index (χ3n) is 2.74. The van der Waals surface area contributed by atoms with E-state index >= 15 is 0 Å². The first kappa shape index (κ1) is 17.0. The standard InChI is InChI=1S/C15H11F2N3O4/c1-23-12-10(7-19-15(18)20-12)3-2-8-6-9(13(21)22)4-5-11(8)24-14(16)17/h4-7,14H,1H3,(H,21,22)(H2,18,19,20). The van der Waals surface area contributed by atoms with E-state index in [4.69, 9.17) is 15.6 Å². The number of nitrogens with two attached hydrogens (primary N) is 1. The van der Waals surface area contributed by atoms with Crippen molar-refractivity contribution in [2.75, 3.05) is 12.8 Å². The van der Waals surface area contributed by atoms with Crippen molar-refractivity contribution in [1.82, 2.24) is 9.97 Å². The molecule has 0 atom stereocenters. The molecule has 1 aromatic heterocycles. The Morgan fingerprint density at radius 3 is 2.67 bits per heavy atom. The predicted molar refractivity (Wildman–Crippen MR) is 79.0 cm³/mol. The maximum atomic E-state index is 12.4. The number of nitrogen functional groups attached to an aromatic ring is 1. The summed E-state index contributed by atoms with van der Waals surface area (Å²) in [7, 11) is 1.35. The summed E-state index contributed by atoms with van der Waals surface area (Å²) >= 11 is 0. The van der Waals surface area contributed by atoms with Crippen molar-refractivity contribution in [2.24, 2.45) is 0 Å². The SMILES string of the molecule is COc1nc(N)ncc1C#Cc1cc(C(=O)O)ccc1OC(F)F. The van der Waals surface area contributed by atoms with Gasteiger partial charge in [0.05, 0.1) is 24.4 Å².